The molecule has 4 aromatic carbocycles. The van der Waals surface area contributed by atoms with E-state index in [9.17, 15) is 15.2 Å². The average molecular weight is 866 g/mol. The average Bonchev–Trinajstić information content (AvgIpc) is 3.93. The molecule has 1 aromatic heterocycles. The van der Waals surface area contributed by atoms with Crippen LogP contribution in [-0.4, -0.2) is 96.2 Å². The lowest BCUT2D eigenvalue weighted by Gasteiger charge is -2.61. The molecule has 7 aliphatic rings. The Kier molecular flexibility index (Phi) is 9.63. The summed E-state index contributed by atoms with van der Waals surface area (Å²) < 4.78 is 31.6. The first-order chi connectivity index (χ1) is 30.6. The van der Waals surface area contributed by atoms with E-state index < -0.39 is 40.9 Å². The fourth-order valence-corrected chi connectivity index (χ4v) is 13.2. The predicted molar refractivity (Wildman–Crippen MR) is 236 cm³/mol. The lowest BCUT2D eigenvalue weighted by atomic mass is 9.71. The van der Waals surface area contributed by atoms with Crippen LogP contribution in [0.5, 0.6) is 28.7 Å². The fraction of sp³-hybridized carbons (Fsp3) is 0.367. The highest BCUT2D eigenvalue weighted by molar-refractivity contribution is 7.99. The van der Waals surface area contributed by atoms with Crippen molar-refractivity contribution in [1.29, 1.82) is 5.26 Å². The smallest absolute Gasteiger partial charge is 0.336 e. The molecule has 2 saturated heterocycles. The number of nitrogens with zero attached hydrogens (tertiary/aromatic N) is 3. The van der Waals surface area contributed by atoms with Gasteiger partial charge in [0.25, 0.3) is 0 Å². The molecule has 8 heterocycles. The number of benzene rings is 4. The lowest BCUT2D eigenvalue weighted by molar-refractivity contribution is -0.132. The van der Waals surface area contributed by atoms with Crippen molar-refractivity contribution in [3.63, 3.8) is 0 Å². The molecule has 2 fully saturated rings. The van der Waals surface area contributed by atoms with E-state index in [2.05, 4.69) is 38.3 Å². The highest BCUT2D eigenvalue weighted by Gasteiger charge is 2.61. The Morgan fingerprint density at radius 3 is 2.67 bits per heavy atom. The van der Waals surface area contributed by atoms with Crippen LogP contribution in [0.4, 0.5) is 0 Å². The number of aryl methyl sites for hydroxylation is 1. The van der Waals surface area contributed by atoms with Gasteiger partial charge in [0.05, 0.1) is 37.1 Å². The summed E-state index contributed by atoms with van der Waals surface area (Å²) in [6.07, 6.45) is 4.39. The van der Waals surface area contributed by atoms with Gasteiger partial charge in [0.15, 0.2) is 28.8 Å². The number of hydrogen-bond acceptors (Lipinski definition) is 13. The Labute approximate surface area is 368 Å². The number of H-pyrrole nitrogens is 1. The van der Waals surface area contributed by atoms with Crippen LogP contribution < -0.4 is 24.3 Å². The number of ether oxygens (including phenoxy) is 5. The number of hydrogen-bond donors (Lipinski definition) is 3. The zero-order chi connectivity index (χ0) is 43.3. The van der Waals surface area contributed by atoms with Gasteiger partial charge in [-0.05, 0) is 68.1 Å². The standard InChI is InChI=1S/C49H47N5O8S/c1-25-18-28-19-32-33(20-50)54-34-21-59-22-35(55)49(48-30(16-17-51-49)29-12-8-9-13-31(29)52-48)23-63-47(41(54)40(53(32)3)37(28)42(57)43(25)58-4)39-38(34)46-45(60-24-61-46)26(2)44(39)62-36(56)15-14-27-10-6-5-7-11-27/h5-15,18,32-34,40-41,47,51-52,57H,16-17,19,21-24H2,1-4H3/t32-,33-,34-,40+,41?,47+,49-/m0/s1. The van der Waals surface area contributed by atoms with E-state index in [4.69, 9.17) is 23.7 Å². The van der Waals surface area contributed by atoms with Crippen molar-refractivity contribution >= 4 is 40.5 Å². The van der Waals surface area contributed by atoms with E-state index in [-0.39, 0.29) is 43.3 Å². The summed E-state index contributed by atoms with van der Waals surface area (Å²) in [6.45, 7) is 4.13. The second-order valence-corrected chi connectivity index (χ2v) is 18.5. The number of thioether (sulfide) groups is 1. The molecule has 7 aliphatic heterocycles. The molecule has 322 valence electrons. The third kappa shape index (κ3) is 5.90. The Bertz CT molecular complexity index is 2800. The monoisotopic (exact) mass is 865 g/mol. The number of aromatic nitrogens is 1. The number of aromatic amines is 1. The molecule has 4 bridgehead atoms. The number of nitrogens with one attached hydrogen (secondary N) is 2. The minimum Gasteiger partial charge on any atom is -0.504 e. The maximum atomic E-state index is 15.0. The molecule has 0 saturated carbocycles. The summed E-state index contributed by atoms with van der Waals surface area (Å²) in [7, 11) is 3.59. The van der Waals surface area contributed by atoms with E-state index in [0.29, 0.717) is 52.7 Å². The highest BCUT2D eigenvalue weighted by atomic mass is 32.2. The summed E-state index contributed by atoms with van der Waals surface area (Å²) in [5.41, 5.74) is 7.02. The number of piperazine rings is 1. The number of methoxy groups -OCH3 is 1. The number of nitriles is 1. The third-order valence-electron chi connectivity index (χ3n) is 14.2. The molecule has 1 unspecified atom stereocenters. The van der Waals surface area contributed by atoms with Gasteiger partial charge in [0.1, 0.15) is 23.9 Å². The van der Waals surface area contributed by atoms with Crippen LogP contribution in [0.1, 0.15) is 67.5 Å². The van der Waals surface area contributed by atoms with E-state index in [1.165, 1.54) is 6.08 Å². The summed E-state index contributed by atoms with van der Waals surface area (Å²) in [4.78, 5) is 37.3. The van der Waals surface area contributed by atoms with Gasteiger partial charge in [-0.3, -0.25) is 19.9 Å². The SMILES string of the molecule is COc1c(C)cc2c(c1O)[C@@H]1C3[C@@H]4SC[C@]5(NCCc6c5[nH]c5ccccc65)C(=O)COC[C@@H](c5c6c(c(C)c(OC(=O)C=Cc7ccccc7)c54)OCO6)N3[C@@H](C#N)[C@H](C2)N1C. The third-order valence-corrected chi connectivity index (χ3v) is 15.7. The first kappa shape index (κ1) is 40.0. The molecule has 7 atom stereocenters. The molecule has 0 aliphatic carbocycles. The van der Waals surface area contributed by atoms with Crippen molar-refractivity contribution in [3.05, 3.63) is 117 Å². The molecule has 12 rings (SSSR count). The zero-order valence-corrected chi connectivity index (χ0v) is 36.2. The Morgan fingerprint density at radius 2 is 1.86 bits per heavy atom. The van der Waals surface area contributed by atoms with Crippen molar-refractivity contribution in [1.82, 2.24) is 20.1 Å². The molecular weight excluding hydrogens is 819 g/mol. The number of Topliss-reactive ketones (excluding diaryl/α,β-unsaturated/α-hetero) is 1. The van der Waals surface area contributed by atoms with Gasteiger partial charge in [0.2, 0.25) is 6.79 Å². The fourth-order valence-electron chi connectivity index (χ4n) is 11.5. The summed E-state index contributed by atoms with van der Waals surface area (Å²) in [6, 6.07) is 19.9. The van der Waals surface area contributed by atoms with Crippen LogP contribution in [0, 0.1) is 25.2 Å². The van der Waals surface area contributed by atoms with Crippen molar-refractivity contribution in [2.75, 3.05) is 46.5 Å². The van der Waals surface area contributed by atoms with Gasteiger partial charge in [0, 0.05) is 69.3 Å². The van der Waals surface area contributed by atoms with E-state index >= 15 is 4.79 Å². The van der Waals surface area contributed by atoms with Gasteiger partial charge in [-0.25, -0.2) is 4.79 Å². The maximum Gasteiger partial charge on any atom is 0.336 e. The van der Waals surface area contributed by atoms with Crippen molar-refractivity contribution in [2.24, 2.45) is 0 Å². The molecule has 5 aromatic rings. The number of carbonyl (C=O) groups excluding carboxylic acids is 2. The predicted octanol–water partition coefficient (Wildman–Crippen LogP) is 6.49. The van der Waals surface area contributed by atoms with Crippen LogP contribution in [0.3, 0.4) is 0 Å². The van der Waals surface area contributed by atoms with Crippen molar-refractivity contribution < 1.29 is 38.4 Å². The molecule has 0 radical (unpaired) electrons. The van der Waals surface area contributed by atoms with E-state index in [1.807, 2.05) is 69.4 Å². The molecule has 0 amide bonds. The van der Waals surface area contributed by atoms with Crippen LogP contribution in [0.25, 0.3) is 17.0 Å². The number of ketones is 1. The van der Waals surface area contributed by atoms with Crippen molar-refractivity contribution in [2.45, 2.75) is 67.7 Å². The number of phenols is 1. The molecule has 63 heavy (non-hydrogen) atoms. The number of phenolic OH excluding ortho intramolecular Hbond substituents is 1. The Morgan fingerprint density at radius 1 is 1.06 bits per heavy atom. The Balaban J connectivity index is 1.16. The normalized spacial score (nSPS) is 27.3. The highest BCUT2D eigenvalue weighted by Crippen LogP contribution is 2.64. The number of fused-ring (bicyclic) bond motifs is 12. The number of rotatable bonds is 4. The Hall–Kier alpha value is -5.82. The molecule has 14 heteroatoms. The van der Waals surface area contributed by atoms with Crippen LogP contribution >= 0.6 is 11.8 Å². The van der Waals surface area contributed by atoms with Crippen LogP contribution in [0.15, 0.2) is 66.7 Å². The first-order valence-corrected chi connectivity index (χ1v) is 22.5. The zero-order valence-electron chi connectivity index (χ0n) is 35.4. The quantitative estimate of drug-likeness (QED) is 0.102. The van der Waals surface area contributed by atoms with Crippen LogP contribution in [0.2, 0.25) is 0 Å². The van der Waals surface area contributed by atoms with Gasteiger partial charge < -0.3 is 33.8 Å². The molecule has 3 N–H and O–H groups in total. The van der Waals surface area contributed by atoms with E-state index in [1.54, 1.807) is 24.9 Å². The minimum atomic E-state index is -1.18. The number of likely N-dealkylation sites (N-methyl/N-ethyl adjacent to an activating group) is 1. The largest absolute Gasteiger partial charge is 0.504 e. The maximum absolute atomic E-state index is 15.0. The number of para-hydroxylation sites is 1. The molecule has 1 spiro atoms. The number of esters is 1. The van der Waals surface area contributed by atoms with E-state index in [0.717, 1.165) is 50.8 Å². The van der Waals surface area contributed by atoms with Crippen molar-refractivity contribution in [3.8, 4) is 34.8 Å². The first-order valence-electron chi connectivity index (χ1n) is 21.4. The van der Waals surface area contributed by atoms with Gasteiger partial charge in [-0.2, -0.15) is 5.26 Å². The summed E-state index contributed by atoms with van der Waals surface area (Å²) in [5.74, 6) is 1.34. The summed E-state index contributed by atoms with van der Waals surface area (Å²) in [5, 5.41) is 27.8. The second-order valence-electron chi connectivity index (χ2n) is 17.3. The van der Waals surface area contributed by atoms with Gasteiger partial charge in [-0.1, -0.05) is 54.6 Å². The minimum absolute atomic E-state index is 0.0137. The lowest BCUT2D eigenvalue weighted by Crippen LogP contribution is -2.69. The number of carbonyl (C=O) groups is 2. The topological polar surface area (TPSA) is 159 Å². The molecular formula is C49H47N5O8S. The van der Waals surface area contributed by atoms with Gasteiger partial charge >= 0.3 is 5.97 Å². The number of aromatic hydroxyl groups is 1. The summed E-state index contributed by atoms with van der Waals surface area (Å²) >= 11 is 1.58. The van der Waals surface area contributed by atoms with Gasteiger partial charge in [-0.15, -0.1) is 11.8 Å². The van der Waals surface area contributed by atoms with Crippen LogP contribution in [-0.2, 0) is 32.7 Å². The molecule has 13 nitrogen and oxygen atoms in total. The second kappa shape index (κ2) is 15.2.